The Bertz CT molecular complexity index is 368. The highest BCUT2D eigenvalue weighted by Crippen LogP contribution is 2.33. The predicted octanol–water partition coefficient (Wildman–Crippen LogP) is 2.57. The van der Waals surface area contributed by atoms with E-state index < -0.39 is 0 Å². The number of hydrogen-bond acceptors (Lipinski definition) is 2. The molecule has 0 N–H and O–H groups in total. The van der Waals surface area contributed by atoms with Gasteiger partial charge in [0.25, 0.3) is 0 Å². The van der Waals surface area contributed by atoms with Crippen LogP contribution < -0.4 is 0 Å². The summed E-state index contributed by atoms with van der Waals surface area (Å²) in [6.07, 6.45) is 6.33. The summed E-state index contributed by atoms with van der Waals surface area (Å²) >= 11 is 0. The van der Waals surface area contributed by atoms with Gasteiger partial charge in [-0.25, -0.2) is 0 Å². The SMILES string of the molecule is CCC(CC)(CC)N1CCC(=O)N2CCCCC2C1=O. The summed E-state index contributed by atoms with van der Waals surface area (Å²) in [5, 5.41) is 0. The van der Waals surface area contributed by atoms with Gasteiger partial charge in [-0.2, -0.15) is 0 Å². The Morgan fingerprint density at radius 2 is 1.70 bits per heavy atom. The van der Waals surface area contributed by atoms with Crippen molar-refractivity contribution in [2.75, 3.05) is 13.1 Å². The van der Waals surface area contributed by atoms with E-state index in [1.165, 1.54) is 0 Å². The van der Waals surface area contributed by atoms with Crippen LogP contribution in [-0.2, 0) is 9.59 Å². The van der Waals surface area contributed by atoms with Crippen LogP contribution in [0.1, 0.15) is 65.7 Å². The quantitative estimate of drug-likeness (QED) is 0.794. The predicted molar refractivity (Wildman–Crippen MR) is 79.3 cm³/mol. The average molecular weight is 280 g/mol. The van der Waals surface area contributed by atoms with Crippen LogP contribution in [0.2, 0.25) is 0 Å². The lowest BCUT2D eigenvalue weighted by atomic mass is 9.86. The molecule has 2 heterocycles. The van der Waals surface area contributed by atoms with Gasteiger partial charge in [0.05, 0.1) is 0 Å². The molecule has 4 heteroatoms. The smallest absolute Gasteiger partial charge is 0.245 e. The third-order valence-corrected chi connectivity index (χ3v) is 5.47. The van der Waals surface area contributed by atoms with E-state index in [1.54, 1.807) is 0 Å². The van der Waals surface area contributed by atoms with Crippen molar-refractivity contribution in [2.24, 2.45) is 0 Å². The van der Waals surface area contributed by atoms with Gasteiger partial charge >= 0.3 is 0 Å². The van der Waals surface area contributed by atoms with Crippen LogP contribution in [0.25, 0.3) is 0 Å². The van der Waals surface area contributed by atoms with Crippen molar-refractivity contribution >= 4 is 11.8 Å². The maximum absolute atomic E-state index is 13.0. The molecule has 0 aromatic rings. The Hall–Kier alpha value is -1.06. The van der Waals surface area contributed by atoms with E-state index in [-0.39, 0.29) is 23.4 Å². The molecule has 0 aliphatic carbocycles. The lowest BCUT2D eigenvalue weighted by Gasteiger charge is -2.44. The molecular weight excluding hydrogens is 252 g/mol. The van der Waals surface area contributed by atoms with Crippen molar-refractivity contribution in [2.45, 2.75) is 77.3 Å². The van der Waals surface area contributed by atoms with Gasteiger partial charge in [-0.15, -0.1) is 0 Å². The topological polar surface area (TPSA) is 40.6 Å². The van der Waals surface area contributed by atoms with Crippen molar-refractivity contribution in [3.63, 3.8) is 0 Å². The van der Waals surface area contributed by atoms with Gasteiger partial charge in [-0.3, -0.25) is 9.59 Å². The Kier molecular flexibility index (Phi) is 4.71. The molecule has 20 heavy (non-hydrogen) atoms. The molecule has 0 spiro atoms. The molecule has 2 aliphatic rings. The van der Waals surface area contributed by atoms with Crippen molar-refractivity contribution in [3.8, 4) is 0 Å². The van der Waals surface area contributed by atoms with Gasteiger partial charge in [-0.05, 0) is 38.5 Å². The zero-order valence-electron chi connectivity index (χ0n) is 13.2. The number of rotatable bonds is 4. The lowest BCUT2D eigenvalue weighted by Crippen LogP contribution is -2.56. The average Bonchev–Trinajstić information content (AvgIpc) is 2.62. The Balaban J connectivity index is 2.31. The molecule has 0 aromatic heterocycles. The number of hydrogen-bond donors (Lipinski definition) is 0. The van der Waals surface area contributed by atoms with Crippen LogP contribution >= 0.6 is 0 Å². The third-order valence-electron chi connectivity index (χ3n) is 5.47. The van der Waals surface area contributed by atoms with Crippen LogP contribution in [0, 0.1) is 0 Å². The van der Waals surface area contributed by atoms with E-state index in [4.69, 9.17) is 0 Å². The highest BCUT2D eigenvalue weighted by Gasteiger charge is 2.43. The summed E-state index contributed by atoms with van der Waals surface area (Å²) in [6, 6.07) is -0.192. The minimum Gasteiger partial charge on any atom is -0.335 e. The second kappa shape index (κ2) is 6.15. The molecular formula is C16H28N2O2. The molecule has 2 fully saturated rings. The molecule has 2 amide bonds. The number of carbonyl (C=O) groups excluding carboxylic acids is 2. The van der Waals surface area contributed by atoms with Gasteiger partial charge in [0.2, 0.25) is 11.8 Å². The molecule has 0 bridgehead atoms. The lowest BCUT2D eigenvalue weighted by molar-refractivity contribution is -0.147. The highest BCUT2D eigenvalue weighted by molar-refractivity contribution is 5.90. The monoisotopic (exact) mass is 280 g/mol. The minimum atomic E-state index is -0.192. The van der Waals surface area contributed by atoms with Gasteiger partial charge in [0, 0.05) is 25.0 Å². The largest absolute Gasteiger partial charge is 0.335 e. The Morgan fingerprint density at radius 1 is 1.05 bits per heavy atom. The summed E-state index contributed by atoms with van der Waals surface area (Å²) in [5.41, 5.74) is -0.0647. The Labute approximate surface area is 122 Å². The molecule has 0 radical (unpaired) electrons. The van der Waals surface area contributed by atoms with Gasteiger partial charge in [0.1, 0.15) is 6.04 Å². The Morgan fingerprint density at radius 3 is 2.30 bits per heavy atom. The minimum absolute atomic E-state index is 0.0647. The number of piperidine rings is 1. The van der Waals surface area contributed by atoms with Crippen molar-refractivity contribution in [3.05, 3.63) is 0 Å². The van der Waals surface area contributed by atoms with Crippen LogP contribution in [0.3, 0.4) is 0 Å². The van der Waals surface area contributed by atoms with E-state index >= 15 is 0 Å². The van der Waals surface area contributed by atoms with E-state index in [2.05, 4.69) is 20.8 Å². The summed E-state index contributed by atoms with van der Waals surface area (Å²) in [4.78, 5) is 29.1. The summed E-state index contributed by atoms with van der Waals surface area (Å²) in [6.45, 7) is 7.84. The van der Waals surface area contributed by atoms with Crippen molar-refractivity contribution in [1.29, 1.82) is 0 Å². The molecule has 114 valence electrons. The van der Waals surface area contributed by atoms with Crippen LogP contribution in [0.5, 0.6) is 0 Å². The fraction of sp³-hybridized carbons (Fsp3) is 0.875. The maximum atomic E-state index is 13.0. The van der Waals surface area contributed by atoms with E-state index in [0.717, 1.165) is 45.1 Å². The van der Waals surface area contributed by atoms with Crippen LogP contribution in [-0.4, -0.2) is 46.3 Å². The number of fused-ring (bicyclic) bond motifs is 1. The van der Waals surface area contributed by atoms with Gasteiger partial charge < -0.3 is 9.80 Å². The molecule has 0 saturated carbocycles. The van der Waals surface area contributed by atoms with Crippen molar-refractivity contribution in [1.82, 2.24) is 9.80 Å². The first-order valence-corrected chi connectivity index (χ1v) is 8.20. The number of nitrogens with zero attached hydrogens (tertiary/aromatic N) is 2. The molecule has 0 aromatic carbocycles. The third kappa shape index (κ3) is 2.45. The molecule has 1 atom stereocenters. The number of carbonyl (C=O) groups is 2. The van der Waals surface area contributed by atoms with Crippen LogP contribution in [0.15, 0.2) is 0 Å². The van der Waals surface area contributed by atoms with Gasteiger partial charge in [-0.1, -0.05) is 20.8 Å². The molecule has 2 rings (SSSR count). The summed E-state index contributed by atoms with van der Waals surface area (Å²) in [5.74, 6) is 0.365. The van der Waals surface area contributed by atoms with Crippen molar-refractivity contribution < 1.29 is 9.59 Å². The fourth-order valence-corrected chi connectivity index (χ4v) is 3.92. The second-order valence-electron chi connectivity index (χ2n) is 6.12. The molecule has 4 nitrogen and oxygen atoms in total. The first-order valence-electron chi connectivity index (χ1n) is 8.20. The first-order chi connectivity index (χ1) is 9.59. The summed E-state index contributed by atoms with van der Waals surface area (Å²) < 4.78 is 0. The summed E-state index contributed by atoms with van der Waals surface area (Å²) in [7, 11) is 0. The van der Waals surface area contributed by atoms with Gasteiger partial charge in [0.15, 0.2) is 0 Å². The second-order valence-corrected chi connectivity index (χ2v) is 6.12. The van der Waals surface area contributed by atoms with E-state index in [9.17, 15) is 9.59 Å². The normalized spacial score (nSPS) is 24.6. The van der Waals surface area contributed by atoms with E-state index in [0.29, 0.717) is 13.0 Å². The molecule has 2 saturated heterocycles. The highest BCUT2D eigenvalue weighted by atomic mass is 16.2. The zero-order chi connectivity index (χ0) is 14.8. The van der Waals surface area contributed by atoms with Crippen LogP contribution in [0.4, 0.5) is 0 Å². The first kappa shape index (κ1) is 15.3. The van der Waals surface area contributed by atoms with E-state index in [1.807, 2.05) is 9.80 Å². The zero-order valence-corrected chi connectivity index (χ0v) is 13.2. The molecule has 1 unspecified atom stereocenters. The maximum Gasteiger partial charge on any atom is 0.245 e. The number of amides is 2. The molecule has 2 aliphatic heterocycles. The standard InChI is InChI=1S/C16H28N2O2/c1-4-16(5-2,6-3)18-12-10-14(19)17-11-8-7-9-13(17)15(18)20/h13H,4-12H2,1-3H3. The fourth-order valence-electron chi connectivity index (χ4n) is 3.92.